The first kappa shape index (κ1) is 20.0. The van der Waals surface area contributed by atoms with Gasteiger partial charge in [0.05, 0.1) is 11.4 Å². The molecule has 0 aromatic heterocycles. The van der Waals surface area contributed by atoms with Gasteiger partial charge in [0, 0.05) is 31.2 Å². The van der Waals surface area contributed by atoms with Crippen molar-refractivity contribution in [1.29, 1.82) is 0 Å². The zero-order valence-electron chi connectivity index (χ0n) is 14.5. The highest BCUT2D eigenvalue weighted by Gasteiger charge is 2.30. The highest BCUT2D eigenvalue weighted by atomic mass is 35.5. The summed E-state index contributed by atoms with van der Waals surface area (Å²) in [6, 6.07) is 7.25. The van der Waals surface area contributed by atoms with Crippen molar-refractivity contribution < 1.29 is 13.2 Å². The monoisotopic (exact) mass is 387 g/mol. The summed E-state index contributed by atoms with van der Waals surface area (Å²) in [4.78, 5) is 14.9. The van der Waals surface area contributed by atoms with Gasteiger partial charge in [0.25, 0.3) is 5.91 Å². The molecule has 2 fully saturated rings. The molecule has 1 aromatic carbocycles. The van der Waals surface area contributed by atoms with Gasteiger partial charge in [-0.1, -0.05) is 13.0 Å². The molecular formula is C17H26ClN3O3S. The molecule has 0 bridgehead atoms. The van der Waals surface area contributed by atoms with E-state index in [1.165, 1.54) is 4.31 Å². The topological polar surface area (TPSA) is 69.7 Å². The summed E-state index contributed by atoms with van der Waals surface area (Å²) in [6.07, 6.45) is 2.50. The minimum atomic E-state index is -3.23. The second-order valence-corrected chi connectivity index (χ2v) is 8.45. The Bertz CT molecular complexity index is 705. The normalized spacial score (nSPS) is 21.8. The summed E-state index contributed by atoms with van der Waals surface area (Å²) < 4.78 is 25.6. The first-order chi connectivity index (χ1) is 11.5. The Balaban J connectivity index is 0.00000225. The minimum Gasteiger partial charge on any atom is -0.334 e. The van der Waals surface area contributed by atoms with E-state index in [0.717, 1.165) is 32.5 Å². The van der Waals surface area contributed by atoms with Crippen LogP contribution in [0.2, 0.25) is 0 Å². The molecule has 0 aliphatic carbocycles. The summed E-state index contributed by atoms with van der Waals surface area (Å²) in [5, 5.41) is 3.30. The average Bonchev–Trinajstić information content (AvgIpc) is 3.21. The Morgan fingerprint density at radius 2 is 2.20 bits per heavy atom. The van der Waals surface area contributed by atoms with Crippen molar-refractivity contribution in [3.8, 4) is 0 Å². The number of halogens is 1. The quantitative estimate of drug-likeness (QED) is 0.837. The number of benzene rings is 1. The third kappa shape index (κ3) is 4.27. The molecule has 1 unspecified atom stereocenters. The minimum absolute atomic E-state index is 0. The summed E-state index contributed by atoms with van der Waals surface area (Å²) in [7, 11) is -3.23. The zero-order chi connectivity index (χ0) is 17.2. The Hall–Kier alpha value is -1.31. The first-order valence-electron chi connectivity index (χ1n) is 8.65. The summed E-state index contributed by atoms with van der Waals surface area (Å²) in [5.74, 6) is 0.171. The van der Waals surface area contributed by atoms with E-state index < -0.39 is 10.0 Å². The van der Waals surface area contributed by atoms with E-state index in [2.05, 4.69) is 12.2 Å². The van der Waals surface area contributed by atoms with Crippen LogP contribution in [-0.4, -0.2) is 57.2 Å². The van der Waals surface area contributed by atoms with Gasteiger partial charge >= 0.3 is 0 Å². The third-order valence-electron chi connectivity index (χ3n) is 4.68. The SMILES string of the molecule is CCCN(C(=O)c1cccc(N2CCCS2(=O)=O)c1)C1CCNC1.Cl. The van der Waals surface area contributed by atoms with Gasteiger partial charge in [-0.2, -0.15) is 0 Å². The van der Waals surface area contributed by atoms with Crippen molar-refractivity contribution in [3.05, 3.63) is 29.8 Å². The van der Waals surface area contributed by atoms with Crippen LogP contribution in [0.3, 0.4) is 0 Å². The molecule has 2 heterocycles. The van der Waals surface area contributed by atoms with Crippen LogP contribution in [-0.2, 0) is 10.0 Å². The number of hydrogen-bond acceptors (Lipinski definition) is 4. The van der Waals surface area contributed by atoms with Gasteiger partial charge in [-0.15, -0.1) is 12.4 Å². The van der Waals surface area contributed by atoms with Crippen molar-refractivity contribution in [3.63, 3.8) is 0 Å². The van der Waals surface area contributed by atoms with E-state index in [1.807, 2.05) is 4.90 Å². The van der Waals surface area contributed by atoms with Crippen LogP contribution in [0.5, 0.6) is 0 Å². The lowest BCUT2D eigenvalue weighted by Gasteiger charge is -2.28. The molecule has 1 N–H and O–H groups in total. The molecule has 1 amide bonds. The Kier molecular flexibility index (Phi) is 6.71. The molecule has 3 rings (SSSR count). The van der Waals surface area contributed by atoms with Crippen LogP contribution >= 0.6 is 12.4 Å². The van der Waals surface area contributed by atoms with Crippen LogP contribution < -0.4 is 9.62 Å². The third-order valence-corrected chi connectivity index (χ3v) is 6.55. The fourth-order valence-corrected chi connectivity index (χ4v) is 5.04. The Morgan fingerprint density at radius 3 is 2.80 bits per heavy atom. The molecule has 140 valence electrons. The number of hydrogen-bond donors (Lipinski definition) is 1. The van der Waals surface area contributed by atoms with Gasteiger partial charge in [0.15, 0.2) is 0 Å². The fourth-order valence-electron chi connectivity index (χ4n) is 3.49. The lowest BCUT2D eigenvalue weighted by atomic mass is 10.1. The predicted molar refractivity (Wildman–Crippen MR) is 102 cm³/mol. The number of sulfonamides is 1. The first-order valence-corrected chi connectivity index (χ1v) is 10.3. The van der Waals surface area contributed by atoms with Crippen molar-refractivity contribution in [2.24, 2.45) is 0 Å². The van der Waals surface area contributed by atoms with Gasteiger partial charge in [0.1, 0.15) is 0 Å². The fraction of sp³-hybridized carbons (Fsp3) is 0.588. The van der Waals surface area contributed by atoms with E-state index in [1.54, 1.807) is 24.3 Å². The highest BCUT2D eigenvalue weighted by molar-refractivity contribution is 7.93. The van der Waals surface area contributed by atoms with Gasteiger partial charge in [-0.05, 0) is 44.0 Å². The molecule has 6 nitrogen and oxygen atoms in total. The summed E-state index contributed by atoms with van der Waals surface area (Å²) in [5.41, 5.74) is 1.16. The smallest absolute Gasteiger partial charge is 0.254 e. The second kappa shape index (κ2) is 8.38. The van der Waals surface area contributed by atoms with Crippen LogP contribution in [0.25, 0.3) is 0 Å². The average molecular weight is 388 g/mol. The molecule has 2 aliphatic rings. The maximum atomic E-state index is 13.0. The largest absolute Gasteiger partial charge is 0.334 e. The maximum Gasteiger partial charge on any atom is 0.254 e. The maximum absolute atomic E-state index is 13.0. The molecule has 25 heavy (non-hydrogen) atoms. The molecule has 2 saturated heterocycles. The molecular weight excluding hydrogens is 362 g/mol. The van der Waals surface area contributed by atoms with Crippen molar-refractivity contribution in [2.45, 2.75) is 32.2 Å². The highest BCUT2D eigenvalue weighted by Crippen LogP contribution is 2.25. The number of nitrogens with one attached hydrogen (secondary N) is 1. The Labute approximate surface area is 156 Å². The molecule has 1 aromatic rings. The van der Waals surface area contributed by atoms with E-state index in [4.69, 9.17) is 0 Å². The van der Waals surface area contributed by atoms with Crippen molar-refractivity contribution in [2.75, 3.05) is 36.2 Å². The van der Waals surface area contributed by atoms with Gasteiger partial charge in [-0.25, -0.2) is 8.42 Å². The molecule has 0 saturated carbocycles. The van der Waals surface area contributed by atoms with E-state index in [9.17, 15) is 13.2 Å². The Morgan fingerprint density at radius 1 is 1.40 bits per heavy atom. The van der Waals surface area contributed by atoms with Gasteiger partial charge in [-0.3, -0.25) is 9.10 Å². The number of rotatable bonds is 5. The van der Waals surface area contributed by atoms with E-state index >= 15 is 0 Å². The lowest BCUT2D eigenvalue weighted by molar-refractivity contribution is 0.0692. The molecule has 1 atom stereocenters. The van der Waals surface area contributed by atoms with E-state index in [0.29, 0.717) is 24.2 Å². The zero-order valence-corrected chi connectivity index (χ0v) is 16.1. The van der Waals surface area contributed by atoms with Crippen molar-refractivity contribution in [1.82, 2.24) is 10.2 Å². The van der Waals surface area contributed by atoms with Crippen LogP contribution in [0, 0.1) is 0 Å². The molecule has 0 spiro atoms. The van der Waals surface area contributed by atoms with E-state index in [-0.39, 0.29) is 30.1 Å². The standard InChI is InChI=1S/C17H25N3O3S.ClH/c1-2-9-19(16-7-8-18-13-16)17(21)14-5-3-6-15(12-14)20-10-4-11-24(20,22)23;/h3,5-6,12,16,18H,2,4,7-11,13H2,1H3;1H. The summed E-state index contributed by atoms with van der Waals surface area (Å²) in [6.45, 7) is 5.04. The van der Waals surface area contributed by atoms with Crippen LogP contribution in [0.15, 0.2) is 24.3 Å². The van der Waals surface area contributed by atoms with Crippen LogP contribution in [0.1, 0.15) is 36.5 Å². The molecule has 2 aliphatic heterocycles. The summed E-state index contributed by atoms with van der Waals surface area (Å²) >= 11 is 0. The van der Waals surface area contributed by atoms with Gasteiger partial charge < -0.3 is 10.2 Å². The second-order valence-electron chi connectivity index (χ2n) is 6.44. The van der Waals surface area contributed by atoms with Gasteiger partial charge in [0.2, 0.25) is 10.0 Å². The number of carbonyl (C=O) groups is 1. The number of amides is 1. The lowest BCUT2D eigenvalue weighted by Crippen LogP contribution is -2.42. The number of nitrogens with zero attached hydrogens (tertiary/aromatic N) is 2. The number of carbonyl (C=O) groups excluding carboxylic acids is 1. The molecule has 0 radical (unpaired) electrons. The van der Waals surface area contributed by atoms with Crippen molar-refractivity contribution >= 4 is 34.0 Å². The predicted octanol–water partition coefficient (Wildman–Crippen LogP) is 1.86. The molecule has 8 heteroatoms. The number of anilines is 1. The van der Waals surface area contributed by atoms with Crippen LogP contribution in [0.4, 0.5) is 5.69 Å².